The van der Waals surface area contributed by atoms with Crippen molar-refractivity contribution in [3.63, 3.8) is 0 Å². The molecule has 2 aromatic rings. The van der Waals surface area contributed by atoms with Gasteiger partial charge in [-0.15, -0.1) is 0 Å². The Kier molecular flexibility index (Phi) is 3.78. The van der Waals surface area contributed by atoms with Gasteiger partial charge in [0.25, 0.3) is 0 Å². The molecule has 1 saturated heterocycles. The van der Waals surface area contributed by atoms with Gasteiger partial charge in [-0.1, -0.05) is 36.4 Å². The van der Waals surface area contributed by atoms with E-state index < -0.39 is 0 Å². The second kappa shape index (κ2) is 5.70. The minimum Gasteiger partial charge on any atom is -0.350 e. The van der Waals surface area contributed by atoms with E-state index in [1.165, 1.54) is 16.3 Å². The van der Waals surface area contributed by atoms with Gasteiger partial charge in [-0.25, -0.2) is 0 Å². The second-order valence-electron chi connectivity index (χ2n) is 4.85. The molecule has 0 radical (unpaired) electrons. The molecule has 1 unspecified atom stereocenters. The first-order chi connectivity index (χ1) is 9.36. The zero-order chi connectivity index (χ0) is 13.1. The fourth-order valence-corrected chi connectivity index (χ4v) is 2.58. The van der Waals surface area contributed by atoms with Crippen LogP contribution in [0.3, 0.4) is 0 Å². The molecule has 1 fully saturated rings. The maximum absolute atomic E-state index is 5.53. The highest BCUT2D eigenvalue weighted by Crippen LogP contribution is 2.25. The lowest BCUT2D eigenvalue weighted by molar-refractivity contribution is -0.0526. The highest BCUT2D eigenvalue weighted by Gasteiger charge is 2.21. The lowest BCUT2D eigenvalue weighted by Gasteiger charge is -2.20. The number of benzene rings is 2. The molecule has 3 nitrogen and oxygen atoms in total. The first-order valence-electron chi connectivity index (χ1n) is 6.76. The Hall–Kier alpha value is -1.42. The van der Waals surface area contributed by atoms with Crippen molar-refractivity contribution in [2.45, 2.75) is 18.8 Å². The fourth-order valence-electron chi connectivity index (χ4n) is 2.58. The topological polar surface area (TPSA) is 30.5 Å². The lowest BCUT2D eigenvalue weighted by atomic mass is 9.99. The Bertz CT molecular complexity index is 549. The van der Waals surface area contributed by atoms with Crippen molar-refractivity contribution < 1.29 is 9.47 Å². The molecule has 0 saturated carbocycles. The van der Waals surface area contributed by atoms with Crippen LogP contribution in [-0.2, 0) is 9.47 Å². The molecule has 3 rings (SSSR count). The molecule has 0 amide bonds. The maximum Gasteiger partial charge on any atom is 0.159 e. The van der Waals surface area contributed by atoms with E-state index >= 15 is 0 Å². The number of hydrogen-bond acceptors (Lipinski definition) is 3. The predicted molar refractivity (Wildman–Crippen MR) is 76.1 cm³/mol. The van der Waals surface area contributed by atoms with Gasteiger partial charge in [-0.3, -0.25) is 0 Å². The number of ether oxygens (including phenoxy) is 2. The summed E-state index contributed by atoms with van der Waals surface area (Å²) < 4.78 is 11.1. The summed E-state index contributed by atoms with van der Waals surface area (Å²) in [5.74, 6) is 0. The minimum absolute atomic E-state index is 0.0797. The van der Waals surface area contributed by atoms with Gasteiger partial charge < -0.3 is 14.8 Å². The first kappa shape index (κ1) is 12.6. The molecule has 1 aliphatic rings. The SMILES string of the molecule is CNC(CC1OCCO1)c1ccc2ccccc2c1. The van der Waals surface area contributed by atoms with E-state index in [1.807, 2.05) is 7.05 Å². The summed E-state index contributed by atoms with van der Waals surface area (Å²) in [4.78, 5) is 0. The summed E-state index contributed by atoms with van der Waals surface area (Å²) in [6.45, 7) is 1.41. The summed E-state index contributed by atoms with van der Waals surface area (Å²) in [6, 6.07) is 15.3. The summed E-state index contributed by atoms with van der Waals surface area (Å²) in [5.41, 5.74) is 1.28. The van der Waals surface area contributed by atoms with Crippen LogP contribution < -0.4 is 5.32 Å². The summed E-state index contributed by atoms with van der Waals surface area (Å²) in [7, 11) is 1.98. The summed E-state index contributed by atoms with van der Waals surface area (Å²) in [5, 5.41) is 5.89. The van der Waals surface area contributed by atoms with Crippen LogP contribution in [0.25, 0.3) is 10.8 Å². The van der Waals surface area contributed by atoms with Crippen molar-refractivity contribution >= 4 is 10.8 Å². The van der Waals surface area contributed by atoms with Gasteiger partial charge >= 0.3 is 0 Å². The smallest absolute Gasteiger partial charge is 0.159 e. The first-order valence-corrected chi connectivity index (χ1v) is 6.76. The lowest BCUT2D eigenvalue weighted by Crippen LogP contribution is -2.22. The van der Waals surface area contributed by atoms with Crippen LogP contribution >= 0.6 is 0 Å². The average Bonchev–Trinajstić information content (AvgIpc) is 2.97. The molecule has 1 atom stereocenters. The van der Waals surface area contributed by atoms with Gasteiger partial charge in [0.2, 0.25) is 0 Å². The molecule has 1 N–H and O–H groups in total. The van der Waals surface area contributed by atoms with Crippen molar-refractivity contribution in [1.82, 2.24) is 5.32 Å². The van der Waals surface area contributed by atoms with Gasteiger partial charge in [0.15, 0.2) is 6.29 Å². The number of nitrogens with one attached hydrogen (secondary N) is 1. The monoisotopic (exact) mass is 257 g/mol. The van der Waals surface area contributed by atoms with Crippen LogP contribution in [0.1, 0.15) is 18.0 Å². The molecule has 0 aliphatic carbocycles. The van der Waals surface area contributed by atoms with Gasteiger partial charge in [0, 0.05) is 12.5 Å². The molecular formula is C16H19NO2. The zero-order valence-electron chi connectivity index (χ0n) is 11.1. The van der Waals surface area contributed by atoms with E-state index in [4.69, 9.17) is 9.47 Å². The van der Waals surface area contributed by atoms with Crippen molar-refractivity contribution in [2.24, 2.45) is 0 Å². The van der Waals surface area contributed by atoms with Gasteiger partial charge in [0.1, 0.15) is 0 Å². The van der Waals surface area contributed by atoms with E-state index in [1.54, 1.807) is 0 Å². The normalized spacial score (nSPS) is 17.9. The van der Waals surface area contributed by atoms with E-state index in [0.717, 1.165) is 6.42 Å². The molecule has 100 valence electrons. The Morgan fingerprint density at radius 3 is 2.58 bits per heavy atom. The Balaban J connectivity index is 1.83. The predicted octanol–water partition coefficient (Wildman–Crippen LogP) is 2.86. The number of hydrogen-bond donors (Lipinski definition) is 1. The highest BCUT2D eigenvalue weighted by atomic mass is 16.7. The third kappa shape index (κ3) is 2.78. The molecule has 1 heterocycles. The second-order valence-corrected chi connectivity index (χ2v) is 4.85. The van der Waals surface area contributed by atoms with Crippen LogP contribution in [0.15, 0.2) is 42.5 Å². The zero-order valence-corrected chi connectivity index (χ0v) is 11.1. The standard InChI is InChI=1S/C16H19NO2/c1-17-15(11-16-18-8-9-19-16)14-7-6-12-4-2-3-5-13(12)10-14/h2-7,10,15-17H,8-9,11H2,1H3. The van der Waals surface area contributed by atoms with E-state index in [2.05, 4.69) is 47.8 Å². The molecule has 3 heteroatoms. The fraction of sp³-hybridized carbons (Fsp3) is 0.375. The quantitative estimate of drug-likeness (QED) is 0.913. The largest absolute Gasteiger partial charge is 0.350 e. The Morgan fingerprint density at radius 1 is 1.11 bits per heavy atom. The Labute approximate surface area is 113 Å². The van der Waals surface area contributed by atoms with E-state index in [0.29, 0.717) is 13.2 Å². The van der Waals surface area contributed by atoms with Gasteiger partial charge in [-0.2, -0.15) is 0 Å². The van der Waals surface area contributed by atoms with Crippen molar-refractivity contribution in [3.8, 4) is 0 Å². The number of fused-ring (bicyclic) bond motifs is 1. The highest BCUT2D eigenvalue weighted by molar-refractivity contribution is 5.83. The van der Waals surface area contributed by atoms with Crippen LogP contribution in [0.5, 0.6) is 0 Å². The van der Waals surface area contributed by atoms with Crippen LogP contribution in [0.2, 0.25) is 0 Å². The molecule has 1 aliphatic heterocycles. The van der Waals surface area contributed by atoms with Crippen molar-refractivity contribution in [3.05, 3.63) is 48.0 Å². The van der Waals surface area contributed by atoms with Crippen molar-refractivity contribution in [1.29, 1.82) is 0 Å². The molecule has 0 spiro atoms. The van der Waals surface area contributed by atoms with E-state index in [9.17, 15) is 0 Å². The average molecular weight is 257 g/mol. The van der Waals surface area contributed by atoms with Gasteiger partial charge in [0.05, 0.1) is 13.2 Å². The van der Waals surface area contributed by atoms with Crippen LogP contribution in [0, 0.1) is 0 Å². The summed E-state index contributed by atoms with van der Waals surface area (Å²) >= 11 is 0. The minimum atomic E-state index is -0.0797. The van der Waals surface area contributed by atoms with Gasteiger partial charge in [-0.05, 0) is 29.4 Å². The van der Waals surface area contributed by atoms with Crippen LogP contribution in [-0.4, -0.2) is 26.6 Å². The molecule has 0 aromatic heterocycles. The number of rotatable bonds is 4. The van der Waals surface area contributed by atoms with Crippen molar-refractivity contribution in [2.75, 3.05) is 20.3 Å². The molecule has 0 bridgehead atoms. The Morgan fingerprint density at radius 2 is 1.84 bits per heavy atom. The maximum atomic E-state index is 5.53. The molecular weight excluding hydrogens is 238 g/mol. The summed E-state index contributed by atoms with van der Waals surface area (Å²) in [6.07, 6.45) is 0.762. The third-order valence-electron chi connectivity index (χ3n) is 3.64. The van der Waals surface area contributed by atoms with E-state index in [-0.39, 0.29) is 12.3 Å². The molecule has 19 heavy (non-hydrogen) atoms. The third-order valence-corrected chi connectivity index (χ3v) is 3.64. The molecule has 2 aromatic carbocycles. The van der Waals surface area contributed by atoms with Crippen LogP contribution in [0.4, 0.5) is 0 Å².